The maximum absolute atomic E-state index is 12.8. The largest absolute Gasteiger partial charge is 0.361 e. The second-order valence-corrected chi connectivity index (χ2v) is 9.36. The van der Waals surface area contributed by atoms with Crippen LogP contribution in [0.5, 0.6) is 0 Å². The van der Waals surface area contributed by atoms with Crippen molar-refractivity contribution < 1.29 is 4.79 Å². The van der Waals surface area contributed by atoms with Gasteiger partial charge in [-0.25, -0.2) is 9.97 Å². The first-order valence-corrected chi connectivity index (χ1v) is 11.2. The van der Waals surface area contributed by atoms with Crippen LogP contribution in [0, 0.1) is 0 Å². The summed E-state index contributed by atoms with van der Waals surface area (Å²) in [6, 6.07) is 3.45. The van der Waals surface area contributed by atoms with Crippen LogP contribution >= 0.6 is 45.9 Å². The van der Waals surface area contributed by atoms with Gasteiger partial charge in [0.25, 0.3) is 5.91 Å². The molecule has 0 atom stereocenters. The van der Waals surface area contributed by atoms with E-state index < -0.39 is 0 Å². The highest BCUT2D eigenvalue weighted by Crippen LogP contribution is 2.33. The molecule has 3 aromatic rings. The van der Waals surface area contributed by atoms with Crippen LogP contribution in [0.25, 0.3) is 10.2 Å². The molecule has 0 radical (unpaired) electrons. The molecule has 0 spiro atoms. The van der Waals surface area contributed by atoms with Crippen LogP contribution in [0.2, 0.25) is 10.0 Å². The van der Waals surface area contributed by atoms with E-state index in [4.69, 9.17) is 23.2 Å². The lowest BCUT2D eigenvalue weighted by Crippen LogP contribution is -2.16. The molecule has 2 N–H and O–H groups in total. The van der Waals surface area contributed by atoms with Crippen LogP contribution in [-0.4, -0.2) is 48.0 Å². The number of nitrogens with zero attached hydrogens (tertiary/aromatic N) is 3. The zero-order valence-corrected chi connectivity index (χ0v) is 19.0. The van der Waals surface area contributed by atoms with Gasteiger partial charge >= 0.3 is 0 Å². The lowest BCUT2D eigenvalue weighted by atomic mass is 10.3. The normalized spacial score (nSPS) is 11.4. The SMILES string of the molecule is CCc1sc(NCCCN(C)C)nc1C(=O)Nc1nc2cc(Cl)c(Cl)cc2s1. The van der Waals surface area contributed by atoms with E-state index in [1.807, 2.05) is 21.0 Å². The molecule has 10 heteroatoms. The molecular formula is C18H21Cl2N5OS2. The second-order valence-electron chi connectivity index (χ2n) is 6.44. The Kier molecular flexibility index (Phi) is 7.11. The second kappa shape index (κ2) is 9.37. The summed E-state index contributed by atoms with van der Waals surface area (Å²) >= 11 is 15.0. The number of aryl methyl sites for hydroxylation is 1. The van der Waals surface area contributed by atoms with Gasteiger partial charge in [0.15, 0.2) is 10.3 Å². The Hall–Kier alpha value is -1.45. The third-order valence-electron chi connectivity index (χ3n) is 3.94. The summed E-state index contributed by atoms with van der Waals surface area (Å²) in [5, 5.41) is 8.32. The molecule has 0 aliphatic carbocycles. The summed E-state index contributed by atoms with van der Waals surface area (Å²) in [6.45, 7) is 3.83. The van der Waals surface area contributed by atoms with Gasteiger partial charge in [0.05, 0.1) is 20.3 Å². The molecule has 150 valence electrons. The first kappa shape index (κ1) is 21.3. The Labute approximate surface area is 181 Å². The van der Waals surface area contributed by atoms with Gasteiger partial charge in [0, 0.05) is 11.4 Å². The standard InChI is InChI=1S/C18H21Cl2N5OS2/c1-4-13-15(23-17(27-13)21-6-5-7-25(2)3)16(26)24-18-22-12-8-10(19)11(20)9-14(12)28-18/h8-9H,4-7H2,1-3H3,(H,21,23)(H,22,24,26). The fourth-order valence-electron chi connectivity index (χ4n) is 2.57. The van der Waals surface area contributed by atoms with Crippen LogP contribution in [0.1, 0.15) is 28.7 Å². The van der Waals surface area contributed by atoms with Gasteiger partial charge in [-0.05, 0) is 45.6 Å². The first-order valence-electron chi connectivity index (χ1n) is 8.82. The van der Waals surface area contributed by atoms with Crippen molar-refractivity contribution in [2.24, 2.45) is 0 Å². The third-order valence-corrected chi connectivity index (χ3v) is 6.76. The van der Waals surface area contributed by atoms with Crippen LogP contribution in [-0.2, 0) is 6.42 Å². The highest BCUT2D eigenvalue weighted by atomic mass is 35.5. The summed E-state index contributed by atoms with van der Waals surface area (Å²) in [6.07, 6.45) is 1.75. The summed E-state index contributed by atoms with van der Waals surface area (Å²) in [7, 11) is 4.09. The molecule has 6 nitrogen and oxygen atoms in total. The number of anilines is 2. The molecule has 2 aromatic heterocycles. The van der Waals surface area contributed by atoms with Crippen LogP contribution in [0.3, 0.4) is 0 Å². The molecule has 0 aliphatic rings. The fourth-order valence-corrected chi connectivity index (χ4v) is 4.76. The molecular weight excluding hydrogens is 437 g/mol. The van der Waals surface area contributed by atoms with Crippen molar-refractivity contribution in [1.82, 2.24) is 14.9 Å². The smallest absolute Gasteiger partial charge is 0.277 e. The number of thiazole rings is 2. The van der Waals surface area contributed by atoms with Crippen LogP contribution < -0.4 is 10.6 Å². The minimum Gasteiger partial charge on any atom is -0.361 e. The van der Waals surface area contributed by atoms with Crippen LogP contribution in [0.4, 0.5) is 10.3 Å². The number of fused-ring (bicyclic) bond motifs is 1. The number of amides is 1. The van der Waals surface area contributed by atoms with E-state index in [2.05, 4.69) is 25.5 Å². The Morgan fingerprint density at radius 3 is 2.61 bits per heavy atom. The van der Waals surface area contributed by atoms with Crippen molar-refractivity contribution in [1.29, 1.82) is 0 Å². The molecule has 1 aromatic carbocycles. The van der Waals surface area contributed by atoms with Crippen molar-refractivity contribution in [2.75, 3.05) is 37.8 Å². The molecule has 0 unspecified atom stereocenters. The number of halogens is 2. The maximum atomic E-state index is 12.8. The van der Waals surface area contributed by atoms with E-state index in [1.54, 1.807) is 12.1 Å². The molecule has 0 saturated carbocycles. The Morgan fingerprint density at radius 1 is 1.14 bits per heavy atom. The molecule has 2 heterocycles. The zero-order chi connectivity index (χ0) is 20.3. The quantitative estimate of drug-likeness (QED) is 0.452. The summed E-state index contributed by atoms with van der Waals surface area (Å²) < 4.78 is 0.863. The number of nitrogens with one attached hydrogen (secondary N) is 2. The highest BCUT2D eigenvalue weighted by molar-refractivity contribution is 7.22. The van der Waals surface area contributed by atoms with E-state index in [9.17, 15) is 4.79 Å². The Balaban J connectivity index is 1.71. The van der Waals surface area contributed by atoms with Gasteiger partial charge in [-0.2, -0.15) is 0 Å². The number of benzene rings is 1. The minimum atomic E-state index is -0.259. The van der Waals surface area contributed by atoms with Crippen molar-refractivity contribution >= 4 is 72.3 Å². The van der Waals surface area contributed by atoms with Gasteiger partial charge in [-0.3, -0.25) is 10.1 Å². The van der Waals surface area contributed by atoms with Gasteiger partial charge in [-0.15, -0.1) is 11.3 Å². The number of carbonyl (C=O) groups is 1. The Bertz CT molecular complexity index is 947. The number of carbonyl (C=O) groups excluding carboxylic acids is 1. The summed E-state index contributed by atoms with van der Waals surface area (Å²) in [4.78, 5) is 24.7. The summed E-state index contributed by atoms with van der Waals surface area (Å²) in [5.41, 5.74) is 1.14. The monoisotopic (exact) mass is 457 g/mol. The Morgan fingerprint density at radius 2 is 1.89 bits per heavy atom. The molecule has 3 rings (SSSR count). The van der Waals surface area contributed by atoms with Crippen molar-refractivity contribution in [3.63, 3.8) is 0 Å². The molecule has 0 fully saturated rings. The van der Waals surface area contributed by atoms with E-state index >= 15 is 0 Å². The average molecular weight is 458 g/mol. The van der Waals surface area contributed by atoms with Gasteiger partial charge in [0.2, 0.25) is 0 Å². The number of rotatable bonds is 8. The third kappa shape index (κ3) is 5.12. The molecule has 1 amide bonds. The van der Waals surface area contributed by atoms with E-state index in [0.717, 1.165) is 40.6 Å². The highest BCUT2D eigenvalue weighted by Gasteiger charge is 2.19. The number of hydrogen-bond acceptors (Lipinski definition) is 7. The van der Waals surface area contributed by atoms with E-state index in [0.29, 0.717) is 26.4 Å². The average Bonchev–Trinajstić information content (AvgIpc) is 3.22. The first-order chi connectivity index (χ1) is 13.4. The lowest BCUT2D eigenvalue weighted by molar-refractivity contribution is 0.102. The number of aromatic nitrogens is 2. The molecule has 0 saturated heterocycles. The molecule has 0 bridgehead atoms. The molecule has 0 aliphatic heterocycles. The summed E-state index contributed by atoms with van der Waals surface area (Å²) in [5.74, 6) is -0.259. The lowest BCUT2D eigenvalue weighted by Gasteiger charge is -2.08. The molecule has 28 heavy (non-hydrogen) atoms. The van der Waals surface area contributed by atoms with Crippen molar-refractivity contribution in [3.8, 4) is 0 Å². The minimum absolute atomic E-state index is 0.259. The van der Waals surface area contributed by atoms with Gasteiger partial charge in [-0.1, -0.05) is 41.5 Å². The predicted molar refractivity (Wildman–Crippen MR) is 121 cm³/mol. The van der Waals surface area contributed by atoms with Gasteiger partial charge < -0.3 is 10.2 Å². The van der Waals surface area contributed by atoms with E-state index in [-0.39, 0.29) is 5.91 Å². The van der Waals surface area contributed by atoms with Crippen molar-refractivity contribution in [2.45, 2.75) is 19.8 Å². The van der Waals surface area contributed by atoms with Gasteiger partial charge in [0.1, 0.15) is 5.69 Å². The van der Waals surface area contributed by atoms with E-state index in [1.165, 1.54) is 22.7 Å². The predicted octanol–water partition coefficient (Wildman–Crippen LogP) is 5.24. The zero-order valence-electron chi connectivity index (χ0n) is 15.8. The maximum Gasteiger partial charge on any atom is 0.277 e. The van der Waals surface area contributed by atoms with Crippen molar-refractivity contribution in [3.05, 3.63) is 32.7 Å². The topological polar surface area (TPSA) is 70.2 Å². The fraction of sp³-hybridized carbons (Fsp3) is 0.389. The number of hydrogen-bond donors (Lipinski definition) is 2. The van der Waals surface area contributed by atoms with Crippen LogP contribution in [0.15, 0.2) is 12.1 Å².